The van der Waals surface area contributed by atoms with Crippen LogP contribution in [0, 0.1) is 0 Å². The molecule has 0 saturated heterocycles. The lowest BCUT2D eigenvalue weighted by Crippen LogP contribution is -2.37. The summed E-state index contributed by atoms with van der Waals surface area (Å²) in [7, 11) is 1.54. The molecule has 0 unspecified atom stereocenters. The van der Waals surface area contributed by atoms with Gasteiger partial charge in [-0.05, 0) is 43.3 Å². The first kappa shape index (κ1) is 19.2. The lowest BCUT2D eigenvalue weighted by atomic mass is 10.1. The van der Waals surface area contributed by atoms with Gasteiger partial charge in [0.1, 0.15) is 12.3 Å². The summed E-state index contributed by atoms with van der Waals surface area (Å²) in [6.07, 6.45) is 5.22. The van der Waals surface area contributed by atoms with Gasteiger partial charge in [-0.15, -0.1) is 0 Å². The van der Waals surface area contributed by atoms with Crippen molar-refractivity contribution in [3.8, 4) is 11.4 Å². The van der Waals surface area contributed by atoms with Gasteiger partial charge in [-0.25, -0.2) is 4.98 Å². The highest BCUT2D eigenvalue weighted by atomic mass is 16.5. The number of anilines is 1. The number of amides is 2. The van der Waals surface area contributed by atoms with Crippen LogP contribution >= 0.6 is 0 Å². The molecule has 0 aliphatic heterocycles. The van der Waals surface area contributed by atoms with Crippen molar-refractivity contribution in [3.63, 3.8) is 0 Å². The predicted octanol–water partition coefficient (Wildman–Crippen LogP) is 2.98. The van der Waals surface area contributed by atoms with E-state index in [0.29, 0.717) is 23.5 Å². The number of imidazole rings is 1. The fourth-order valence-electron chi connectivity index (χ4n) is 2.81. The number of methoxy groups -OCH3 is 1. The largest absolute Gasteiger partial charge is 0.495 e. The maximum Gasteiger partial charge on any atom is 0.254 e. The minimum atomic E-state index is -0.283. The quantitative estimate of drug-likeness (QED) is 0.686. The fourth-order valence-corrected chi connectivity index (χ4v) is 2.81. The van der Waals surface area contributed by atoms with E-state index in [1.165, 1.54) is 4.90 Å². The first-order valence-electron chi connectivity index (χ1n) is 8.93. The topological polar surface area (TPSA) is 76.5 Å². The van der Waals surface area contributed by atoms with E-state index in [4.69, 9.17) is 4.74 Å². The molecule has 7 heteroatoms. The SMILES string of the molecule is CCN(CC(=O)Nc1ccccc1OC)C(=O)c1ccc(-n2ccnc2)cc1. The summed E-state index contributed by atoms with van der Waals surface area (Å²) < 4.78 is 7.09. The van der Waals surface area contributed by atoms with Crippen LogP contribution < -0.4 is 10.1 Å². The third-order valence-electron chi connectivity index (χ3n) is 4.30. The number of benzene rings is 2. The summed E-state index contributed by atoms with van der Waals surface area (Å²) in [5, 5.41) is 2.79. The number of likely N-dealkylation sites (N-methyl/N-ethyl adjacent to an activating group) is 1. The third-order valence-corrected chi connectivity index (χ3v) is 4.30. The first-order valence-corrected chi connectivity index (χ1v) is 8.93. The van der Waals surface area contributed by atoms with Crippen molar-refractivity contribution in [1.29, 1.82) is 0 Å². The number of nitrogens with zero attached hydrogens (tertiary/aromatic N) is 3. The summed E-state index contributed by atoms with van der Waals surface area (Å²) in [6.45, 7) is 2.21. The van der Waals surface area contributed by atoms with Gasteiger partial charge in [0.05, 0.1) is 19.1 Å². The number of nitrogens with one attached hydrogen (secondary N) is 1. The molecule has 3 aromatic rings. The van der Waals surface area contributed by atoms with Crippen molar-refractivity contribution in [2.45, 2.75) is 6.92 Å². The first-order chi connectivity index (χ1) is 13.6. The Labute approximate surface area is 163 Å². The number of carbonyl (C=O) groups is 2. The van der Waals surface area contributed by atoms with Gasteiger partial charge in [-0.3, -0.25) is 9.59 Å². The second-order valence-corrected chi connectivity index (χ2v) is 6.08. The van der Waals surface area contributed by atoms with Crippen LogP contribution in [-0.2, 0) is 4.79 Å². The van der Waals surface area contributed by atoms with Crippen LogP contribution in [0.4, 0.5) is 5.69 Å². The average Bonchev–Trinajstić information content (AvgIpc) is 3.27. The van der Waals surface area contributed by atoms with E-state index >= 15 is 0 Å². The van der Waals surface area contributed by atoms with Gasteiger partial charge in [-0.1, -0.05) is 12.1 Å². The molecule has 1 heterocycles. The molecule has 3 rings (SSSR count). The van der Waals surface area contributed by atoms with Crippen molar-refractivity contribution in [2.75, 3.05) is 25.5 Å². The van der Waals surface area contributed by atoms with Gasteiger partial charge in [-0.2, -0.15) is 0 Å². The number of rotatable bonds is 7. The molecule has 0 saturated carbocycles. The zero-order valence-corrected chi connectivity index (χ0v) is 15.8. The molecule has 2 amide bonds. The van der Waals surface area contributed by atoms with Gasteiger partial charge in [0, 0.05) is 30.2 Å². The summed E-state index contributed by atoms with van der Waals surface area (Å²) in [5.74, 6) is 0.0879. The van der Waals surface area contributed by atoms with Gasteiger partial charge in [0.2, 0.25) is 5.91 Å². The molecular formula is C21H22N4O3. The highest BCUT2D eigenvalue weighted by Gasteiger charge is 2.18. The van der Waals surface area contributed by atoms with E-state index in [2.05, 4.69) is 10.3 Å². The predicted molar refractivity (Wildman–Crippen MR) is 107 cm³/mol. The maximum absolute atomic E-state index is 12.8. The van der Waals surface area contributed by atoms with Crippen molar-refractivity contribution in [2.24, 2.45) is 0 Å². The standard InChI is InChI=1S/C21H22N4O3/c1-3-24(14-20(26)23-18-6-4-5-7-19(18)28-2)21(27)16-8-10-17(11-9-16)25-13-12-22-15-25/h4-13,15H,3,14H2,1-2H3,(H,23,26). The van der Waals surface area contributed by atoms with E-state index in [1.54, 1.807) is 43.9 Å². The molecule has 0 fully saturated rings. The van der Waals surface area contributed by atoms with Crippen molar-refractivity contribution >= 4 is 17.5 Å². The number of carbonyl (C=O) groups excluding carboxylic acids is 2. The summed E-state index contributed by atoms with van der Waals surface area (Å²) in [5.41, 5.74) is 2.00. The Morgan fingerprint density at radius 2 is 1.89 bits per heavy atom. The molecule has 28 heavy (non-hydrogen) atoms. The summed E-state index contributed by atoms with van der Waals surface area (Å²) >= 11 is 0. The lowest BCUT2D eigenvalue weighted by Gasteiger charge is -2.21. The Morgan fingerprint density at radius 1 is 1.14 bits per heavy atom. The maximum atomic E-state index is 12.8. The molecular weight excluding hydrogens is 356 g/mol. The number of hydrogen-bond acceptors (Lipinski definition) is 4. The Kier molecular flexibility index (Phi) is 6.06. The van der Waals surface area contributed by atoms with E-state index in [0.717, 1.165) is 5.69 Å². The minimum Gasteiger partial charge on any atom is -0.495 e. The van der Waals surface area contributed by atoms with E-state index in [9.17, 15) is 9.59 Å². The molecule has 7 nitrogen and oxygen atoms in total. The summed E-state index contributed by atoms with van der Waals surface area (Å²) in [4.78, 5) is 30.7. The molecule has 0 bridgehead atoms. The molecule has 0 radical (unpaired) electrons. The molecule has 0 aliphatic rings. The van der Waals surface area contributed by atoms with Crippen molar-refractivity contribution in [1.82, 2.24) is 14.5 Å². The number of hydrogen-bond donors (Lipinski definition) is 1. The van der Waals surface area contributed by atoms with Crippen LogP contribution in [0.2, 0.25) is 0 Å². The zero-order valence-electron chi connectivity index (χ0n) is 15.8. The van der Waals surface area contributed by atoms with Crippen LogP contribution in [0.3, 0.4) is 0 Å². The monoisotopic (exact) mass is 378 g/mol. The lowest BCUT2D eigenvalue weighted by molar-refractivity contribution is -0.116. The fraction of sp³-hybridized carbons (Fsp3) is 0.190. The second-order valence-electron chi connectivity index (χ2n) is 6.08. The smallest absolute Gasteiger partial charge is 0.254 e. The second kappa shape index (κ2) is 8.85. The van der Waals surface area contributed by atoms with E-state index in [-0.39, 0.29) is 18.4 Å². The number of para-hydroxylation sites is 2. The Morgan fingerprint density at radius 3 is 2.54 bits per heavy atom. The van der Waals surface area contributed by atoms with Gasteiger partial charge >= 0.3 is 0 Å². The van der Waals surface area contributed by atoms with E-state index < -0.39 is 0 Å². The van der Waals surface area contributed by atoms with Crippen molar-refractivity contribution in [3.05, 3.63) is 72.8 Å². The molecule has 144 valence electrons. The Bertz CT molecular complexity index is 937. The average molecular weight is 378 g/mol. The molecule has 1 N–H and O–H groups in total. The molecule has 0 spiro atoms. The normalized spacial score (nSPS) is 10.4. The van der Waals surface area contributed by atoms with Crippen LogP contribution in [0.25, 0.3) is 5.69 Å². The summed E-state index contributed by atoms with van der Waals surface area (Å²) in [6, 6.07) is 14.3. The van der Waals surface area contributed by atoms with Crippen LogP contribution in [-0.4, -0.2) is 46.5 Å². The third kappa shape index (κ3) is 4.37. The molecule has 0 aliphatic carbocycles. The van der Waals surface area contributed by atoms with Gasteiger partial charge in [0.25, 0.3) is 5.91 Å². The number of ether oxygens (including phenoxy) is 1. The molecule has 1 aromatic heterocycles. The molecule has 2 aromatic carbocycles. The van der Waals surface area contributed by atoms with E-state index in [1.807, 2.05) is 42.0 Å². The molecule has 0 atom stereocenters. The minimum absolute atomic E-state index is 0.0450. The van der Waals surface area contributed by atoms with Crippen LogP contribution in [0.1, 0.15) is 17.3 Å². The Hall–Kier alpha value is -3.61. The highest BCUT2D eigenvalue weighted by molar-refractivity contribution is 5.99. The van der Waals surface area contributed by atoms with Gasteiger partial charge in [0.15, 0.2) is 0 Å². The van der Waals surface area contributed by atoms with Crippen LogP contribution in [0.15, 0.2) is 67.3 Å². The number of aromatic nitrogens is 2. The van der Waals surface area contributed by atoms with Gasteiger partial charge < -0.3 is 19.5 Å². The van der Waals surface area contributed by atoms with Crippen molar-refractivity contribution < 1.29 is 14.3 Å². The highest BCUT2D eigenvalue weighted by Crippen LogP contribution is 2.23. The zero-order chi connectivity index (χ0) is 19.9. The Balaban J connectivity index is 1.67. The van der Waals surface area contributed by atoms with Crippen LogP contribution in [0.5, 0.6) is 5.75 Å².